The summed E-state index contributed by atoms with van der Waals surface area (Å²) in [4.78, 5) is 11.6. The van der Waals surface area contributed by atoms with Crippen LogP contribution in [0.25, 0.3) is 11.1 Å². The highest BCUT2D eigenvalue weighted by atomic mass is 16.4. The van der Waals surface area contributed by atoms with E-state index in [-0.39, 0.29) is 18.3 Å². The van der Waals surface area contributed by atoms with E-state index in [0.29, 0.717) is 16.7 Å². The zero-order valence-corrected chi connectivity index (χ0v) is 9.88. The fraction of sp³-hybridized carbons (Fsp3) is 0.417. The minimum absolute atomic E-state index is 0.00835. The average Bonchev–Trinajstić information content (AvgIpc) is 2.62. The van der Waals surface area contributed by atoms with Gasteiger partial charge in [-0.05, 0) is 31.5 Å². The zero-order chi connectivity index (χ0) is 12.6. The number of nitrogens with zero attached hydrogens (tertiary/aromatic N) is 1. The molecule has 0 saturated heterocycles. The van der Waals surface area contributed by atoms with Gasteiger partial charge < -0.3 is 15.3 Å². The van der Waals surface area contributed by atoms with Gasteiger partial charge in [0, 0.05) is 12.6 Å². The third-order valence-corrected chi connectivity index (χ3v) is 2.76. The predicted octanol–water partition coefficient (Wildman–Crippen LogP) is 1.17. The molecule has 1 heterocycles. The van der Waals surface area contributed by atoms with Gasteiger partial charge in [0.05, 0.1) is 11.6 Å². The standard InChI is InChI=1S/C12H16N2O3/c1-7(2)14-9-5-8(10(15)6-13)3-4-11(9)17-12(14)16/h3-5,7,10,15H,6,13H2,1-2H3. The van der Waals surface area contributed by atoms with Crippen LogP contribution in [0.3, 0.4) is 0 Å². The average molecular weight is 236 g/mol. The first-order chi connectivity index (χ1) is 8.04. The maximum Gasteiger partial charge on any atom is 0.420 e. The van der Waals surface area contributed by atoms with E-state index in [4.69, 9.17) is 10.2 Å². The van der Waals surface area contributed by atoms with Crippen molar-refractivity contribution in [1.82, 2.24) is 4.57 Å². The highest BCUT2D eigenvalue weighted by molar-refractivity contribution is 5.74. The number of hydrogen-bond acceptors (Lipinski definition) is 4. The molecule has 1 atom stereocenters. The summed E-state index contributed by atoms with van der Waals surface area (Å²) in [5.74, 6) is -0.380. The van der Waals surface area contributed by atoms with Crippen molar-refractivity contribution in [1.29, 1.82) is 0 Å². The van der Waals surface area contributed by atoms with E-state index in [0.717, 1.165) is 0 Å². The van der Waals surface area contributed by atoms with Gasteiger partial charge in [0.2, 0.25) is 0 Å². The van der Waals surface area contributed by atoms with Gasteiger partial charge in [0.1, 0.15) is 0 Å². The summed E-state index contributed by atoms with van der Waals surface area (Å²) in [5, 5.41) is 9.68. The maximum absolute atomic E-state index is 11.6. The van der Waals surface area contributed by atoms with Crippen LogP contribution in [0.1, 0.15) is 31.6 Å². The van der Waals surface area contributed by atoms with Crippen molar-refractivity contribution < 1.29 is 9.52 Å². The van der Waals surface area contributed by atoms with Gasteiger partial charge in [0.25, 0.3) is 0 Å². The van der Waals surface area contributed by atoms with Crippen LogP contribution in [0.15, 0.2) is 27.4 Å². The molecule has 0 amide bonds. The van der Waals surface area contributed by atoms with E-state index in [2.05, 4.69) is 0 Å². The quantitative estimate of drug-likeness (QED) is 0.838. The SMILES string of the molecule is CC(C)n1c(=O)oc2ccc(C(O)CN)cc21. The second kappa shape index (κ2) is 4.35. The molecular weight excluding hydrogens is 220 g/mol. The van der Waals surface area contributed by atoms with Gasteiger partial charge in [0.15, 0.2) is 5.58 Å². The number of benzene rings is 1. The van der Waals surface area contributed by atoms with Crippen LogP contribution in [-0.4, -0.2) is 16.2 Å². The lowest BCUT2D eigenvalue weighted by Crippen LogP contribution is -2.16. The second-order valence-corrected chi connectivity index (χ2v) is 4.31. The Bertz CT molecular complexity index is 583. The number of aliphatic hydroxyl groups excluding tert-OH is 1. The lowest BCUT2D eigenvalue weighted by Gasteiger charge is -2.09. The van der Waals surface area contributed by atoms with Gasteiger partial charge in [-0.3, -0.25) is 4.57 Å². The van der Waals surface area contributed by atoms with Gasteiger partial charge in [-0.15, -0.1) is 0 Å². The molecule has 3 N–H and O–H groups in total. The Kier molecular flexibility index (Phi) is 3.04. The Labute approximate surface area is 98.5 Å². The molecule has 0 radical (unpaired) electrons. The molecule has 0 spiro atoms. The lowest BCUT2D eigenvalue weighted by atomic mass is 10.1. The molecule has 2 rings (SSSR count). The van der Waals surface area contributed by atoms with E-state index in [1.165, 1.54) is 0 Å². The minimum Gasteiger partial charge on any atom is -0.408 e. The van der Waals surface area contributed by atoms with Crippen LogP contribution in [-0.2, 0) is 0 Å². The fourth-order valence-corrected chi connectivity index (χ4v) is 1.88. The third-order valence-electron chi connectivity index (χ3n) is 2.76. The van der Waals surface area contributed by atoms with Crippen LogP contribution in [0.4, 0.5) is 0 Å². The van der Waals surface area contributed by atoms with Crippen molar-refractivity contribution >= 4 is 11.1 Å². The van der Waals surface area contributed by atoms with Crippen molar-refractivity contribution in [2.75, 3.05) is 6.54 Å². The highest BCUT2D eigenvalue weighted by Crippen LogP contribution is 2.21. The summed E-state index contributed by atoms with van der Waals surface area (Å²) >= 11 is 0. The zero-order valence-electron chi connectivity index (χ0n) is 9.88. The van der Waals surface area contributed by atoms with Crippen LogP contribution >= 0.6 is 0 Å². The van der Waals surface area contributed by atoms with E-state index in [9.17, 15) is 9.90 Å². The molecule has 5 nitrogen and oxygen atoms in total. The monoisotopic (exact) mass is 236 g/mol. The van der Waals surface area contributed by atoms with Crippen LogP contribution in [0.5, 0.6) is 0 Å². The first kappa shape index (κ1) is 11.9. The van der Waals surface area contributed by atoms with Crippen LogP contribution in [0.2, 0.25) is 0 Å². The van der Waals surface area contributed by atoms with E-state index in [1.54, 1.807) is 22.8 Å². The number of rotatable bonds is 3. The summed E-state index contributed by atoms with van der Waals surface area (Å²) in [6.07, 6.45) is -0.718. The molecule has 0 bridgehead atoms. The van der Waals surface area contributed by atoms with Crippen LogP contribution in [0, 0.1) is 0 Å². The number of fused-ring (bicyclic) bond motifs is 1. The lowest BCUT2D eigenvalue weighted by molar-refractivity contribution is 0.187. The Morgan fingerprint density at radius 2 is 2.18 bits per heavy atom. The summed E-state index contributed by atoms with van der Waals surface area (Å²) in [7, 11) is 0. The van der Waals surface area contributed by atoms with Crippen molar-refractivity contribution in [2.45, 2.75) is 26.0 Å². The molecule has 1 unspecified atom stereocenters. The van der Waals surface area contributed by atoms with Gasteiger partial charge in [-0.25, -0.2) is 4.79 Å². The maximum atomic E-state index is 11.6. The van der Waals surface area contributed by atoms with Crippen molar-refractivity contribution in [3.05, 3.63) is 34.3 Å². The molecule has 0 fully saturated rings. The van der Waals surface area contributed by atoms with E-state index >= 15 is 0 Å². The van der Waals surface area contributed by atoms with Crippen molar-refractivity contribution in [3.63, 3.8) is 0 Å². The Morgan fingerprint density at radius 1 is 1.47 bits per heavy atom. The molecule has 2 aromatic rings. The van der Waals surface area contributed by atoms with E-state index in [1.807, 2.05) is 13.8 Å². The first-order valence-corrected chi connectivity index (χ1v) is 5.57. The number of hydrogen-bond donors (Lipinski definition) is 2. The Hall–Kier alpha value is -1.59. The molecule has 92 valence electrons. The number of aliphatic hydroxyl groups is 1. The molecule has 0 aliphatic rings. The summed E-state index contributed by atoms with van der Waals surface area (Å²) in [5.41, 5.74) is 7.31. The van der Waals surface area contributed by atoms with Gasteiger partial charge >= 0.3 is 5.76 Å². The molecule has 0 aliphatic carbocycles. The van der Waals surface area contributed by atoms with Crippen LogP contribution < -0.4 is 11.5 Å². The predicted molar refractivity (Wildman–Crippen MR) is 64.9 cm³/mol. The minimum atomic E-state index is -0.718. The molecule has 1 aromatic heterocycles. The topological polar surface area (TPSA) is 81.4 Å². The van der Waals surface area contributed by atoms with Gasteiger partial charge in [-0.2, -0.15) is 0 Å². The second-order valence-electron chi connectivity index (χ2n) is 4.31. The largest absolute Gasteiger partial charge is 0.420 e. The van der Waals surface area contributed by atoms with E-state index < -0.39 is 6.10 Å². The number of aromatic nitrogens is 1. The highest BCUT2D eigenvalue weighted by Gasteiger charge is 2.14. The normalized spacial score (nSPS) is 13.5. The summed E-state index contributed by atoms with van der Waals surface area (Å²) < 4.78 is 6.68. The van der Waals surface area contributed by atoms with Gasteiger partial charge in [-0.1, -0.05) is 6.07 Å². The third kappa shape index (κ3) is 1.99. The number of oxazole rings is 1. The van der Waals surface area contributed by atoms with Crippen molar-refractivity contribution in [3.8, 4) is 0 Å². The Balaban J connectivity index is 2.66. The smallest absolute Gasteiger partial charge is 0.408 e. The van der Waals surface area contributed by atoms with Crippen molar-refractivity contribution in [2.24, 2.45) is 5.73 Å². The molecule has 5 heteroatoms. The molecule has 1 aromatic carbocycles. The molecule has 0 aliphatic heterocycles. The molecule has 0 saturated carbocycles. The number of nitrogens with two attached hydrogens (primary N) is 1. The first-order valence-electron chi connectivity index (χ1n) is 5.57. The Morgan fingerprint density at radius 3 is 2.76 bits per heavy atom. The fourth-order valence-electron chi connectivity index (χ4n) is 1.88. The summed E-state index contributed by atoms with van der Waals surface area (Å²) in [6.45, 7) is 3.96. The summed E-state index contributed by atoms with van der Waals surface area (Å²) in [6, 6.07) is 5.16. The molecular formula is C12H16N2O3. The molecule has 17 heavy (non-hydrogen) atoms.